The molecule has 1 amide bonds. The van der Waals surface area contributed by atoms with Crippen LogP contribution in [0.25, 0.3) is 0 Å². The highest BCUT2D eigenvalue weighted by molar-refractivity contribution is 5.94. The molecule has 1 aliphatic rings. The van der Waals surface area contributed by atoms with Crippen LogP contribution in [0.1, 0.15) is 66.1 Å². The Kier molecular flexibility index (Phi) is 5.18. The molecule has 0 radical (unpaired) electrons. The minimum atomic E-state index is -0.124. The average Bonchev–Trinajstić information content (AvgIpc) is 3.02. The monoisotopic (exact) mass is 342 g/mol. The molecular formula is C19H26N4O2. The zero-order valence-electron chi connectivity index (χ0n) is 15.1. The Morgan fingerprint density at radius 1 is 1.28 bits per heavy atom. The van der Waals surface area contributed by atoms with Crippen molar-refractivity contribution in [3.63, 3.8) is 0 Å². The van der Waals surface area contributed by atoms with Gasteiger partial charge in [-0.2, -0.15) is 0 Å². The van der Waals surface area contributed by atoms with Gasteiger partial charge < -0.3 is 14.6 Å². The van der Waals surface area contributed by atoms with E-state index in [-0.39, 0.29) is 18.4 Å². The smallest absolute Gasteiger partial charge is 0.253 e. The first-order valence-electron chi connectivity index (χ1n) is 8.89. The SMILES string of the molecule is CC(C)c1ccc(C(=O)N2CCCC(c3nnc(CO)n3C)C2)cc1. The summed E-state index contributed by atoms with van der Waals surface area (Å²) in [6, 6.07) is 7.92. The highest BCUT2D eigenvalue weighted by atomic mass is 16.3. The molecule has 2 heterocycles. The highest BCUT2D eigenvalue weighted by Gasteiger charge is 2.28. The summed E-state index contributed by atoms with van der Waals surface area (Å²) in [7, 11) is 1.87. The molecule has 134 valence electrons. The lowest BCUT2D eigenvalue weighted by Crippen LogP contribution is -2.39. The van der Waals surface area contributed by atoms with Gasteiger partial charge in [0.15, 0.2) is 5.82 Å². The van der Waals surface area contributed by atoms with E-state index < -0.39 is 0 Å². The molecule has 0 bridgehead atoms. The number of rotatable bonds is 4. The fourth-order valence-corrected chi connectivity index (χ4v) is 3.43. The third-order valence-corrected chi connectivity index (χ3v) is 5.04. The third kappa shape index (κ3) is 3.58. The molecule has 0 spiro atoms. The molecule has 1 fully saturated rings. The van der Waals surface area contributed by atoms with Crippen molar-refractivity contribution in [2.75, 3.05) is 13.1 Å². The number of piperidine rings is 1. The van der Waals surface area contributed by atoms with E-state index in [2.05, 4.69) is 24.0 Å². The summed E-state index contributed by atoms with van der Waals surface area (Å²) in [5.74, 6) is 2.09. The molecule has 6 nitrogen and oxygen atoms in total. The maximum Gasteiger partial charge on any atom is 0.253 e. The van der Waals surface area contributed by atoms with Crippen LogP contribution < -0.4 is 0 Å². The number of nitrogens with zero attached hydrogens (tertiary/aromatic N) is 4. The van der Waals surface area contributed by atoms with Crippen molar-refractivity contribution in [1.29, 1.82) is 0 Å². The third-order valence-electron chi connectivity index (χ3n) is 5.04. The van der Waals surface area contributed by atoms with Crippen LogP contribution in [0.5, 0.6) is 0 Å². The first kappa shape index (κ1) is 17.6. The second kappa shape index (κ2) is 7.35. The molecule has 6 heteroatoms. The van der Waals surface area contributed by atoms with Crippen LogP contribution in [-0.4, -0.2) is 43.8 Å². The van der Waals surface area contributed by atoms with Crippen molar-refractivity contribution < 1.29 is 9.90 Å². The van der Waals surface area contributed by atoms with Gasteiger partial charge in [-0.25, -0.2) is 0 Å². The minimum Gasteiger partial charge on any atom is -0.388 e. The Bertz CT molecular complexity index is 736. The first-order chi connectivity index (χ1) is 12.0. The quantitative estimate of drug-likeness (QED) is 0.926. The molecular weight excluding hydrogens is 316 g/mol. The van der Waals surface area contributed by atoms with Gasteiger partial charge in [0.25, 0.3) is 5.91 Å². The summed E-state index contributed by atoms with van der Waals surface area (Å²) in [6.07, 6.45) is 1.93. The van der Waals surface area contributed by atoms with E-state index in [1.807, 2.05) is 40.8 Å². The molecule has 1 aromatic carbocycles. The lowest BCUT2D eigenvalue weighted by atomic mass is 9.96. The Labute approximate surface area is 148 Å². The zero-order chi connectivity index (χ0) is 18.0. The Morgan fingerprint density at radius 3 is 2.60 bits per heavy atom. The normalized spacial score (nSPS) is 18.0. The topological polar surface area (TPSA) is 71.2 Å². The minimum absolute atomic E-state index is 0.0737. The van der Waals surface area contributed by atoms with Gasteiger partial charge in [-0.05, 0) is 36.5 Å². The first-order valence-corrected chi connectivity index (χ1v) is 8.89. The van der Waals surface area contributed by atoms with E-state index in [0.717, 1.165) is 30.8 Å². The van der Waals surface area contributed by atoms with Crippen LogP contribution in [0.15, 0.2) is 24.3 Å². The van der Waals surface area contributed by atoms with Crippen LogP contribution in [0.4, 0.5) is 0 Å². The van der Waals surface area contributed by atoms with Gasteiger partial charge >= 0.3 is 0 Å². The number of amides is 1. The van der Waals surface area contributed by atoms with Crippen molar-refractivity contribution >= 4 is 5.91 Å². The molecule has 1 saturated heterocycles. The predicted octanol–water partition coefficient (Wildman–Crippen LogP) is 2.45. The predicted molar refractivity (Wildman–Crippen MR) is 95.3 cm³/mol. The maximum atomic E-state index is 12.8. The van der Waals surface area contributed by atoms with Crippen LogP contribution in [-0.2, 0) is 13.7 Å². The summed E-state index contributed by atoms with van der Waals surface area (Å²) in [5.41, 5.74) is 1.97. The fourth-order valence-electron chi connectivity index (χ4n) is 3.43. The number of likely N-dealkylation sites (tertiary alicyclic amines) is 1. The van der Waals surface area contributed by atoms with Crippen LogP contribution in [0.2, 0.25) is 0 Å². The summed E-state index contributed by atoms with van der Waals surface area (Å²) < 4.78 is 1.84. The Balaban J connectivity index is 1.74. The van der Waals surface area contributed by atoms with Crippen LogP contribution in [0, 0.1) is 0 Å². The number of benzene rings is 1. The standard InChI is InChI=1S/C19H26N4O2/c1-13(2)14-6-8-15(9-7-14)19(25)23-10-4-5-16(11-23)18-21-20-17(12-24)22(18)3/h6-9,13,16,24H,4-5,10-12H2,1-3H3. The molecule has 2 aromatic rings. The average molecular weight is 342 g/mol. The molecule has 3 rings (SSSR count). The number of hydrogen-bond acceptors (Lipinski definition) is 4. The molecule has 1 N–H and O–H groups in total. The maximum absolute atomic E-state index is 12.8. The molecule has 1 atom stereocenters. The van der Waals surface area contributed by atoms with Crippen molar-refractivity contribution in [3.8, 4) is 0 Å². The molecule has 25 heavy (non-hydrogen) atoms. The molecule has 1 unspecified atom stereocenters. The number of carbonyl (C=O) groups excluding carboxylic acids is 1. The molecule has 1 aromatic heterocycles. The number of hydrogen-bond donors (Lipinski definition) is 1. The summed E-state index contributed by atoms with van der Waals surface area (Å²) in [6.45, 7) is 5.58. The van der Waals surface area contributed by atoms with Gasteiger partial charge in [0.05, 0.1) is 0 Å². The molecule has 1 aliphatic heterocycles. The van der Waals surface area contributed by atoms with Crippen molar-refractivity contribution in [2.24, 2.45) is 7.05 Å². The van der Waals surface area contributed by atoms with Gasteiger partial charge in [0.2, 0.25) is 0 Å². The van der Waals surface area contributed by atoms with Gasteiger partial charge in [0.1, 0.15) is 12.4 Å². The van der Waals surface area contributed by atoms with E-state index in [4.69, 9.17) is 0 Å². The van der Waals surface area contributed by atoms with E-state index in [9.17, 15) is 9.90 Å². The second-order valence-corrected chi connectivity index (χ2v) is 7.06. The van der Waals surface area contributed by atoms with Gasteiger partial charge in [-0.1, -0.05) is 26.0 Å². The Morgan fingerprint density at radius 2 is 2.00 bits per heavy atom. The van der Waals surface area contributed by atoms with Crippen LogP contribution >= 0.6 is 0 Å². The van der Waals surface area contributed by atoms with Gasteiger partial charge in [0, 0.05) is 31.6 Å². The van der Waals surface area contributed by atoms with Gasteiger partial charge in [-0.15, -0.1) is 10.2 Å². The zero-order valence-corrected chi connectivity index (χ0v) is 15.1. The lowest BCUT2D eigenvalue weighted by molar-refractivity contribution is 0.0703. The fraction of sp³-hybridized carbons (Fsp3) is 0.526. The Hall–Kier alpha value is -2.21. The van der Waals surface area contributed by atoms with Crippen LogP contribution in [0.3, 0.4) is 0 Å². The number of aliphatic hydroxyl groups is 1. The highest BCUT2D eigenvalue weighted by Crippen LogP contribution is 2.27. The lowest BCUT2D eigenvalue weighted by Gasteiger charge is -2.32. The van der Waals surface area contributed by atoms with E-state index in [1.54, 1.807) is 0 Å². The second-order valence-electron chi connectivity index (χ2n) is 7.06. The van der Waals surface area contributed by atoms with Gasteiger partial charge in [-0.3, -0.25) is 4.79 Å². The summed E-state index contributed by atoms with van der Waals surface area (Å²) >= 11 is 0. The molecule has 0 saturated carbocycles. The van der Waals surface area contributed by atoms with Crippen molar-refractivity contribution in [1.82, 2.24) is 19.7 Å². The largest absolute Gasteiger partial charge is 0.388 e. The number of carbonyl (C=O) groups is 1. The summed E-state index contributed by atoms with van der Waals surface area (Å²) in [5, 5.41) is 17.5. The number of aliphatic hydroxyl groups excluding tert-OH is 1. The summed E-state index contributed by atoms with van der Waals surface area (Å²) in [4.78, 5) is 14.8. The van der Waals surface area contributed by atoms with E-state index >= 15 is 0 Å². The van der Waals surface area contributed by atoms with Crippen molar-refractivity contribution in [2.45, 2.75) is 45.1 Å². The van der Waals surface area contributed by atoms with E-state index in [1.165, 1.54) is 5.56 Å². The van der Waals surface area contributed by atoms with Crippen molar-refractivity contribution in [3.05, 3.63) is 47.0 Å². The van der Waals surface area contributed by atoms with E-state index in [0.29, 0.717) is 18.3 Å². The number of aromatic nitrogens is 3. The molecule has 0 aliphatic carbocycles.